The fraction of sp³-hybridized carbons (Fsp3) is 0.474. The molecule has 1 aromatic heterocycles. The second kappa shape index (κ2) is 8.73. The van der Waals surface area contributed by atoms with Crippen molar-refractivity contribution in [2.45, 2.75) is 39.7 Å². The summed E-state index contributed by atoms with van der Waals surface area (Å²) in [6, 6.07) is 5.92. The molecule has 9 heteroatoms. The Hall–Kier alpha value is -3.10. The fourth-order valence-electron chi connectivity index (χ4n) is 2.65. The average Bonchev–Trinajstić information content (AvgIpc) is 3.02. The van der Waals surface area contributed by atoms with Crippen LogP contribution in [0.15, 0.2) is 24.3 Å². The van der Waals surface area contributed by atoms with Crippen molar-refractivity contribution in [1.82, 2.24) is 15.2 Å². The maximum absolute atomic E-state index is 12.4. The molecule has 152 valence electrons. The summed E-state index contributed by atoms with van der Waals surface area (Å²) in [7, 11) is 0. The first-order valence-corrected chi connectivity index (χ1v) is 9.14. The fourth-order valence-corrected chi connectivity index (χ4v) is 2.65. The zero-order valence-electron chi connectivity index (χ0n) is 16.6. The SMILES string of the molecule is CCCN(CCNC(=O)c1cc2cc([N+](=O)[O-])ccc2[nH]1)C(=O)OC(C)(C)C. The smallest absolute Gasteiger partial charge is 0.410 e. The molecule has 0 bridgehead atoms. The molecule has 1 heterocycles. The van der Waals surface area contributed by atoms with Gasteiger partial charge < -0.3 is 19.9 Å². The summed E-state index contributed by atoms with van der Waals surface area (Å²) in [4.78, 5) is 39.5. The number of carbonyl (C=O) groups is 2. The first kappa shape index (κ1) is 21.2. The van der Waals surface area contributed by atoms with Gasteiger partial charge in [-0.05, 0) is 39.3 Å². The number of hydrogen-bond donors (Lipinski definition) is 2. The maximum Gasteiger partial charge on any atom is 0.410 e. The summed E-state index contributed by atoms with van der Waals surface area (Å²) in [5.41, 5.74) is 0.317. The molecule has 0 fully saturated rings. The van der Waals surface area contributed by atoms with Crippen LogP contribution in [0.4, 0.5) is 10.5 Å². The quantitative estimate of drug-likeness (QED) is 0.554. The summed E-state index contributed by atoms with van der Waals surface area (Å²) >= 11 is 0. The number of hydrogen-bond acceptors (Lipinski definition) is 5. The van der Waals surface area contributed by atoms with E-state index in [0.29, 0.717) is 29.7 Å². The van der Waals surface area contributed by atoms with Gasteiger partial charge in [-0.25, -0.2) is 4.79 Å². The Morgan fingerprint density at radius 2 is 1.96 bits per heavy atom. The van der Waals surface area contributed by atoms with Crippen molar-refractivity contribution in [3.8, 4) is 0 Å². The molecule has 0 aliphatic rings. The monoisotopic (exact) mass is 390 g/mol. The largest absolute Gasteiger partial charge is 0.444 e. The molecule has 2 rings (SSSR count). The second-order valence-electron chi connectivity index (χ2n) is 7.43. The van der Waals surface area contributed by atoms with E-state index in [2.05, 4.69) is 10.3 Å². The topological polar surface area (TPSA) is 118 Å². The number of ether oxygens (including phenoxy) is 1. The summed E-state index contributed by atoms with van der Waals surface area (Å²) in [5, 5.41) is 14.2. The normalized spacial score (nSPS) is 11.3. The van der Waals surface area contributed by atoms with Crippen LogP contribution >= 0.6 is 0 Å². The number of benzene rings is 1. The van der Waals surface area contributed by atoms with Gasteiger partial charge in [0.25, 0.3) is 11.6 Å². The van der Waals surface area contributed by atoms with Crippen molar-refractivity contribution in [3.63, 3.8) is 0 Å². The number of carbonyl (C=O) groups excluding carboxylic acids is 2. The highest BCUT2D eigenvalue weighted by atomic mass is 16.6. The molecule has 1 aromatic carbocycles. The molecule has 0 atom stereocenters. The highest BCUT2D eigenvalue weighted by molar-refractivity contribution is 5.98. The zero-order valence-corrected chi connectivity index (χ0v) is 16.6. The Balaban J connectivity index is 1.97. The molecule has 28 heavy (non-hydrogen) atoms. The number of H-pyrrole nitrogens is 1. The number of nitrogens with zero attached hydrogens (tertiary/aromatic N) is 2. The predicted molar refractivity (Wildman–Crippen MR) is 105 cm³/mol. The first-order valence-electron chi connectivity index (χ1n) is 9.14. The molecular formula is C19H26N4O5. The van der Waals surface area contributed by atoms with Crippen molar-refractivity contribution in [3.05, 3.63) is 40.1 Å². The van der Waals surface area contributed by atoms with E-state index < -0.39 is 16.6 Å². The van der Waals surface area contributed by atoms with Crippen LogP contribution in [-0.4, -0.2) is 52.0 Å². The lowest BCUT2D eigenvalue weighted by atomic mass is 10.2. The number of aromatic amines is 1. The van der Waals surface area contributed by atoms with E-state index in [-0.39, 0.29) is 18.1 Å². The molecule has 0 aliphatic carbocycles. The molecule has 2 N–H and O–H groups in total. The minimum absolute atomic E-state index is 0.0361. The van der Waals surface area contributed by atoms with Gasteiger partial charge in [-0.1, -0.05) is 6.92 Å². The molecule has 0 unspecified atom stereocenters. The first-order chi connectivity index (χ1) is 13.1. The average molecular weight is 390 g/mol. The molecule has 2 amide bonds. The van der Waals surface area contributed by atoms with Gasteiger partial charge in [0.2, 0.25) is 0 Å². The molecule has 0 radical (unpaired) electrons. The van der Waals surface area contributed by atoms with E-state index in [9.17, 15) is 19.7 Å². The number of nitro groups is 1. The summed E-state index contributed by atoms with van der Waals surface area (Å²) in [5.74, 6) is -0.348. The number of nitrogens with one attached hydrogen (secondary N) is 2. The highest BCUT2D eigenvalue weighted by Gasteiger charge is 2.21. The van der Waals surface area contributed by atoms with E-state index >= 15 is 0 Å². The lowest BCUT2D eigenvalue weighted by Crippen LogP contribution is -2.41. The number of rotatable bonds is 7. The second-order valence-corrected chi connectivity index (χ2v) is 7.43. The van der Waals surface area contributed by atoms with Gasteiger partial charge in [-0.3, -0.25) is 14.9 Å². The van der Waals surface area contributed by atoms with E-state index in [4.69, 9.17) is 4.74 Å². The molecular weight excluding hydrogens is 364 g/mol. The third kappa shape index (κ3) is 5.70. The van der Waals surface area contributed by atoms with Crippen LogP contribution in [0, 0.1) is 10.1 Å². The molecule has 0 saturated carbocycles. The number of aromatic nitrogens is 1. The van der Waals surface area contributed by atoms with Crippen LogP contribution in [0.25, 0.3) is 10.9 Å². The molecule has 0 saturated heterocycles. The molecule has 0 spiro atoms. The molecule has 0 aliphatic heterocycles. The summed E-state index contributed by atoms with van der Waals surface area (Å²) in [6.45, 7) is 8.47. The van der Waals surface area contributed by atoms with Crippen LogP contribution in [-0.2, 0) is 4.74 Å². The van der Waals surface area contributed by atoms with Gasteiger partial charge in [0.05, 0.1) is 4.92 Å². The van der Waals surface area contributed by atoms with E-state index in [1.54, 1.807) is 37.8 Å². The van der Waals surface area contributed by atoms with Gasteiger partial charge in [0, 0.05) is 42.7 Å². The zero-order chi connectivity index (χ0) is 20.9. The number of fused-ring (bicyclic) bond motifs is 1. The van der Waals surface area contributed by atoms with Crippen molar-refractivity contribution < 1.29 is 19.2 Å². The Bertz CT molecular complexity index is 869. The summed E-state index contributed by atoms with van der Waals surface area (Å²) < 4.78 is 5.38. The number of non-ortho nitro benzene ring substituents is 1. The predicted octanol–water partition coefficient (Wildman–Crippen LogP) is 3.45. The van der Waals surface area contributed by atoms with Gasteiger partial charge in [-0.15, -0.1) is 0 Å². The van der Waals surface area contributed by atoms with Crippen molar-refractivity contribution in [2.75, 3.05) is 19.6 Å². The molecule has 9 nitrogen and oxygen atoms in total. The minimum Gasteiger partial charge on any atom is -0.444 e. The van der Waals surface area contributed by atoms with Crippen LogP contribution < -0.4 is 5.32 Å². The van der Waals surface area contributed by atoms with Gasteiger partial charge >= 0.3 is 6.09 Å². The third-order valence-electron chi connectivity index (χ3n) is 3.87. The minimum atomic E-state index is -0.584. The number of nitro benzene ring substituents is 1. The molecule has 2 aromatic rings. The summed E-state index contributed by atoms with van der Waals surface area (Å²) in [6.07, 6.45) is 0.357. The lowest BCUT2D eigenvalue weighted by Gasteiger charge is -2.27. The standard InChI is InChI=1S/C19H26N4O5/c1-5-9-22(18(25)28-19(2,3)4)10-8-20-17(24)16-12-13-11-14(23(26)27)6-7-15(13)21-16/h6-7,11-12,21H,5,8-10H2,1-4H3,(H,20,24). The van der Waals surface area contributed by atoms with Gasteiger partial charge in [0.1, 0.15) is 11.3 Å². The van der Waals surface area contributed by atoms with Gasteiger partial charge in [-0.2, -0.15) is 0 Å². The van der Waals surface area contributed by atoms with Crippen LogP contribution in [0.3, 0.4) is 0 Å². The Kier molecular flexibility index (Phi) is 6.61. The van der Waals surface area contributed by atoms with Crippen LogP contribution in [0.2, 0.25) is 0 Å². The van der Waals surface area contributed by atoms with Crippen molar-refractivity contribution >= 4 is 28.6 Å². The van der Waals surface area contributed by atoms with Crippen LogP contribution in [0.1, 0.15) is 44.6 Å². The van der Waals surface area contributed by atoms with E-state index in [0.717, 1.165) is 6.42 Å². The highest BCUT2D eigenvalue weighted by Crippen LogP contribution is 2.21. The van der Waals surface area contributed by atoms with Gasteiger partial charge in [0.15, 0.2) is 0 Å². The van der Waals surface area contributed by atoms with Crippen molar-refractivity contribution in [2.24, 2.45) is 0 Å². The third-order valence-corrected chi connectivity index (χ3v) is 3.87. The number of amides is 2. The van der Waals surface area contributed by atoms with E-state index in [1.807, 2.05) is 6.92 Å². The Labute approximate surface area is 163 Å². The Morgan fingerprint density at radius 3 is 2.57 bits per heavy atom. The Morgan fingerprint density at radius 1 is 1.25 bits per heavy atom. The maximum atomic E-state index is 12.4. The van der Waals surface area contributed by atoms with Crippen molar-refractivity contribution in [1.29, 1.82) is 0 Å². The van der Waals surface area contributed by atoms with Crippen LogP contribution in [0.5, 0.6) is 0 Å². The van der Waals surface area contributed by atoms with E-state index in [1.165, 1.54) is 12.1 Å². The lowest BCUT2D eigenvalue weighted by molar-refractivity contribution is -0.384.